The summed E-state index contributed by atoms with van der Waals surface area (Å²) in [5.74, 6) is 0. The molecule has 0 atom stereocenters. The minimum Gasteiger partial charge on any atom is -0.447 e. The van der Waals surface area contributed by atoms with Crippen molar-refractivity contribution >= 4 is 6.09 Å². The van der Waals surface area contributed by atoms with Crippen LogP contribution in [0.1, 0.15) is 52.4 Å². The third kappa shape index (κ3) is 4.00. The van der Waals surface area contributed by atoms with E-state index in [0.29, 0.717) is 6.54 Å². The predicted octanol–water partition coefficient (Wildman–Crippen LogP) is 2.17. The first-order valence-corrected chi connectivity index (χ1v) is 6.27. The topological polar surface area (TPSA) is 64.3 Å². The van der Waals surface area contributed by atoms with Gasteiger partial charge in [0.2, 0.25) is 0 Å². The van der Waals surface area contributed by atoms with E-state index in [-0.39, 0.29) is 17.7 Å². The molecule has 4 nitrogen and oxygen atoms in total. The molecule has 1 fully saturated rings. The zero-order valence-electron chi connectivity index (χ0n) is 10.4. The van der Waals surface area contributed by atoms with E-state index < -0.39 is 0 Å². The van der Waals surface area contributed by atoms with E-state index in [0.717, 1.165) is 25.7 Å². The summed E-state index contributed by atoms with van der Waals surface area (Å²) >= 11 is 0. The minimum atomic E-state index is -0.331. The predicted molar refractivity (Wildman–Crippen MR) is 64.2 cm³/mol. The van der Waals surface area contributed by atoms with Crippen LogP contribution in [0.3, 0.4) is 0 Å². The van der Waals surface area contributed by atoms with Gasteiger partial charge in [0.25, 0.3) is 0 Å². The Labute approximate surface area is 97.9 Å². The molecular weight excluding hydrogens is 204 g/mol. The number of nitrogens with one attached hydrogen (secondary N) is 1. The quantitative estimate of drug-likeness (QED) is 0.728. The Morgan fingerprint density at radius 2 is 1.88 bits per heavy atom. The van der Waals surface area contributed by atoms with Crippen LogP contribution in [0.5, 0.6) is 0 Å². The van der Waals surface area contributed by atoms with Gasteiger partial charge < -0.3 is 15.8 Å². The van der Waals surface area contributed by atoms with Crippen molar-refractivity contribution in [2.24, 2.45) is 5.73 Å². The number of carbonyl (C=O) groups excluding carboxylic acids is 1. The van der Waals surface area contributed by atoms with Gasteiger partial charge in [0.05, 0.1) is 11.6 Å². The SMILES string of the molecule is CC(C)OC(=O)NC1(CN)CCCCCC1. The standard InChI is InChI=1S/C12H24N2O2/c1-10(2)16-11(15)14-12(9-13)7-5-3-4-6-8-12/h10H,3-9,13H2,1-2H3,(H,14,15). The summed E-state index contributed by atoms with van der Waals surface area (Å²) in [5, 5.41) is 2.97. The summed E-state index contributed by atoms with van der Waals surface area (Å²) in [5.41, 5.74) is 5.58. The highest BCUT2D eigenvalue weighted by Crippen LogP contribution is 2.26. The normalized spacial score (nSPS) is 20.2. The number of ether oxygens (including phenoxy) is 1. The van der Waals surface area contributed by atoms with E-state index in [4.69, 9.17) is 10.5 Å². The smallest absolute Gasteiger partial charge is 0.407 e. The van der Waals surface area contributed by atoms with Gasteiger partial charge in [-0.05, 0) is 26.7 Å². The Hall–Kier alpha value is -0.770. The molecule has 0 heterocycles. The average Bonchev–Trinajstić information content (AvgIpc) is 2.43. The lowest BCUT2D eigenvalue weighted by atomic mass is 9.90. The second-order valence-electron chi connectivity index (χ2n) is 4.98. The number of carbonyl (C=O) groups is 1. The highest BCUT2D eigenvalue weighted by Gasteiger charge is 2.31. The molecule has 94 valence electrons. The molecule has 0 bridgehead atoms. The Morgan fingerprint density at radius 3 is 2.31 bits per heavy atom. The Bertz CT molecular complexity index is 221. The van der Waals surface area contributed by atoms with Crippen molar-refractivity contribution in [2.75, 3.05) is 6.54 Å². The zero-order chi connectivity index (χ0) is 12.0. The van der Waals surface area contributed by atoms with E-state index in [1.165, 1.54) is 12.8 Å². The molecule has 0 spiro atoms. The maximum absolute atomic E-state index is 11.6. The Kier molecular flexibility index (Phi) is 5.06. The molecule has 1 aliphatic carbocycles. The largest absolute Gasteiger partial charge is 0.447 e. The lowest BCUT2D eigenvalue weighted by Crippen LogP contribution is -2.53. The molecule has 1 aliphatic rings. The van der Waals surface area contributed by atoms with E-state index in [2.05, 4.69) is 5.32 Å². The van der Waals surface area contributed by atoms with Crippen LogP contribution in [0.4, 0.5) is 4.79 Å². The van der Waals surface area contributed by atoms with Crippen molar-refractivity contribution < 1.29 is 9.53 Å². The van der Waals surface area contributed by atoms with Crippen molar-refractivity contribution in [3.05, 3.63) is 0 Å². The van der Waals surface area contributed by atoms with E-state index in [1.54, 1.807) is 0 Å². The fourth-order valence-corrected chi connectivity index (χ4v) is 2.25. The van der Waals surface area contributed by atoms with Crippen molar-refractivity contribution in [3.63, 3.8) is 0 Å². The van der Waals surface area contributed by atoms with Crippen molar-refractivity contribution in [1.82, 2.24) is 5.32 Å². The molecule has 0 unspecified atom stereocenters. The summed E-state index contributed by atoms with van der Waals surface area (Å²) < 4.78 is 5.12. The summed E-state index contributed by atoms with van der Waals surface area (Å²) in [7, 11) is 0. The van der Waals surface area contributed by atoms with E-state index in [1.807, 2.05) is 13.8 Å². The molecule has 16 heavy (non-hydrogen) atoms. The van der Waals surface area contributed by atoms with E-state index in [9.17, 15) is 4.79 Å². The van der Waals surface area contributed by atoms with Crippen LogP contribution in [0.25, 0.3) is 0 Å². The van der Waals surface area contributed by atoms with Crippen LogP contribution in [0.15, 0.2) is 0 Å². The molecule has 0 radical (unpaired) electrons. The molecule has 0 aromatic heterocycles. The van der Waals surface area contributed by atoms with Crippen LogP contribution in [-0.2, 0) is 4.74 Å². The first kappa shape index (κ1) is 13.3. The molecule has 4 heteroatoms. The van der Waals surface area contributed by atoms with E-state index >= 15 is 0 Å². The van der Waals surface area contributed by atoms with Gasteiger partial charge in [-0.25, -0.2) is 4.79 Å². The molecular formula is C12H24N2O2. The summed E-state index contributed by atoms with van der Waals surface area (Å²) in [6.07, 6.45) is 6.28. The number of hydrogen-bond donors (Lipinski definition) is 2. The first-order valence-electron chi connectivity index (χ1n) is 6.27. The van der Waals surface area contributed by atoms with Gasteiger partial charge in [0.1, 0.15) is 0 Å². The number of alkyl carbamates (subject to hydrolysis) is 1. The van der Waals surface area contributed by atoms with Crippen LogP contribution in [0, 0.1) is 0 Å². The van der Waals surface area contributed by atoms with Gasteiger partial charge in [0.15, 0.2) is 0 Å². The zero-order valence-corrected chi connectivity index (χ0v) is 10.4. The Morgan fingerprint density at radius 1 is 1.31 bits per heavy atom. The molecule has 3 N–H and O–H groups in total. The third-order valence-corrected chi connectivity index (χ3v) is 3.16. The minimum absolute atomic E-state index is 0.0828. The third-order valence-electron chi connectivity index (χ3n) is 3.16. The molecule has 1 saturated carbocycles. The number of rotatable bonds is 3. The van der Waals surface area contributed by atoms with Crippen molar-refractivity contribution in [1.29, 1.82) is 0 Å². The van der Waals surface area contributed by atoms with Gasteiger partial charge in [-0.2, -0.15) is 0 Å². The van der Waals surface area contributed by atoms with Crippen LogP contribution in [-0.4, -0.2) is 24.3 Å². The van der Waals surface area contributed by atoms with Gasteiger partial charge in [-0.15, -0.1) is 0 Å². The number of hydrogen-bond acceptors (Lipinski definition) is 3. The van der Waals surface area contributed by atoms with Gasteiger partial charge >= 0.3 is 6.09 Å². The first-order chi connectivity index (χ1) is 7.58. The molecule has 0 aromatic rings. The van der Waals surface area contributed by atoms with Crippen LogP contribution < -0.4 is 11.1 Å². The number of amides is 1. The Balaban J connectivity index is 2.54. The molecule has 0 aromatic carbocycles. The van der Waals surface area contributed by atoms with Crippen LogP contribution in [0.2, 0.25) is 0 Å². The van der Waals surface area contributed by atoms with Gasteiger partial charge in [-0.3, -0.25) is 0 Å². The van der Waals surface area contributed by atoms with Gasteiger partial charge in [0, 0.05) is 6.54 Å². The fraction of sp³-hybridized carbons (Fsp3) is 0.917. The molecule has 0 aliphatic heterocycles. The molecule has 1 rings (SSSR count). The van der Waals surface area contributed by atoms with Crippen LogP contribution >= 0.6 is 0 Å². The fourth-order valence-electron chi connectivity index (χ4n) is 2.25. The maximum atomic E-state index is 11.6. The highest BCUT2D eigenvalue weighted by atomic mass is 16.6. The summed E-state index contributed by atoms with van der Waals surface area (Å²) in [6.45, 7) is 4.20. The molecule has 0 saturated heterocycles. The lowest BCUT2D eigenvalue weighted by Gasteiger charge is -2.32. The van der Waals surface area contributed by atoms with Crippen molar-refractivity contribution in [2.45, 2.75) is 64.0 Å². The average molecular weight is 228 g/mol. The molecule has 1 amide bonds. The number of nitrogens with two attached hydrogens (primary N) is 1. The lowest BCUT2D eigenvalue weighted by molar-refractivity contribution is 0.102. The van der Waals surface area contributed by atoms with Gasteiger partial charge in [-0.1, -0.05) is 25.7 Å². The highest BCUT2D eigenvalue weighted by molar-refractivity contribution is 5.68. The monoisotopic (exact) mass is 228 g/mol. The maximum Gasteiger partial charge on any atom is 0.407 e. The summed E-state index contributed by atoms with van der Waals surface area (Å²) in [4.78, 5) is 11.6. The van der Waals surface area contributed by atoms with Crippen molar-refractivity contribution in [3.8, 4) is 0 Å². The second kappa shape index (κ2) is 6.09. The summed E-state index contributed by atoms with van der Waals surface area (Å²) in [6, 6.07) is 0. The second-order valence-corrected chi connectivity index (χ2v) is 4.98.